The highest BCUT2D eigenvalue weighted by Gasteiger charge is 2.38. The van der Waals surface area contributed by atoms with Crippen LogP contribution in [-0.4, -0.2) is 60.0 Å². The van der Waals surface area contributed by atoms with Crippen LogP contribution in [0.5, 0.6) is 0 Å². The van der Waals surface area contributed by atoms with Gasteiger partial charge < -0.3 is 24.8 Å². The first kappa shape index (κ1) is 36.1. The van der Waals surface area contributed by atoms with Crippen molar-refractivity contribution in [2.75, 3.05) is 17.9 Å². The largest absolute Gasteiger partial charge is 0.490 e. The minimum atomic E-state index is -5.08. The predicted octanol–water partition coefficient (Wildman–Crippen LogP) is 5.74. The molecule has 0 radical (unpaired) electrons. The second kappa shape index (κ2) is 15.3. The summed E-state index contributed by atoms with van der Waals surface area (Å²) >= 11 is 0. The van der Waals surface area contributed by atoms with Gasteiger partial charge in [-0.1, -0.05) is 30.3 Å². The van der Waals surface area contributed by atoms with Crippen molar-refractivity contribution in [2.24, 2.45) is 0 Å². The van der Waals surface area contributed by atoms with E-state index in [1.165, 1.54) is 12.1 Å². The standard InChI is InChI=1S/C30H35N3O5S.C2HF3O2/c1-4-38-29(35)24-13-14-27-22(19-24)15-17-33(27)18-16-30(2,3)31-21-28(34)23-9-8-10-25(20-23)32-39(36,37)26-11-6-5-7-12-26;3-2(4,5)1(6)7/h5-15,17,19-20,28,31-32,34H,4,16,18,21H2,1-3H3;(H,6,7)/t28-;/m0./s1. The number of carbonyl (C=O) groups excluding carboxylic acids is 1. The number of carboxylic acids is 1. The average molecular weight is 664 g/mol. The fourth-order valence-electron chi connectivity index (χ4n) is 4.34. The van der Waals surface area contributed by atoms with Crippen LogP contribution in [0, 0.1) is 0 Å². The molecule has 1 atom stereocenters. The molecule has 0 spiro atoms. The van der Waals surface area contributed by atoms with Crippen LogP contribution in [0.25, 0.3) is 10.9 Å². The number of hydrogen-bond acceptors (Lipinski definition) is 7. The van der Waals surface area contributed by atoms with Gasteiger partial charge in [0.25, 0.3) is 10.0 Å². The molecule has 4 aromatic rings. The number of aryl methyl sites for hydroxylation is 1. The molecule has 0 aliphatic carbocycles. The number of anilines is 1. The Morgan fingerprint density at radius 1 is 0.978 bits per heavy atom. The first-order valence-electron chi connectivity index (χ1n) is 14.2. The van der Waals surface area contributed by atoms with Crippen LogP contribution in [-0.2, 0) is 26.1 Å². The molecule has 0 unspecified atom stereocenters. The van der Waals surface area contributed by atoms with E-state index < -0.39 is 28.3 Å². The Kier molecular flexibility index (Phi) is 12.0. The van der Waals surface area contributed by atoms with Crippen molar-refractivity contribution in [2.45, 2.75) is 56.5 Å². The van der Waals surface area contributed by atoms with E-state index in [1.54, 1.807) is 55.5 Å². The summed E-state index contributed by atoms with van der Waals surface area (Å²) in [5.41, 5.74) is 2.29. The smallest absolute Gasteiger partial charge is 0.475 e. The number of halogens is 3. The van der Waals surface area contributed by atoms with Gasteiger partial charge in [-0.15, -0.1) is 0 Å². The van der Waals surface area contributed by atoms with Crippen LogP contribution in [0.15, 0.2) is 90.0 Å². The van der Waals surface area contributed by atoms with Gasteiger partial charge >= 0.3 is 18.1 Å². The number of fused-ring (bicyclic) bond motifs is 1. The predicted molar refractivity (Wildman–Crippen MR) is 167 cm³/mol. The Labute approximate surface area is 264 Å². The maximum absolute atomic E-state index is 12.7. The monoisotopic (exact) mass is 663 g/mol. The quantitative estimate of drug-likeness (QED) is 0.140. The van der Waals surface area contributed by atoms with Crippen LogP contribution in [0.4, 0.5) is 18.9 Å². The summed E-state index contributed by atoms with van der Waals surface area (Å²) in [6.07, 6.45) is -3.11. The van der Waals surface area contributed by atoms with Crippen molar-refractivity contribution in [3.05, 3.63) is 96.2 Å². The number of carboxylic acid groups (broad SMARTS) is 1. The lowest BCUT2D eigenvalue weighted by Crippen LogP contribution is -2.42. The van der Waals surface area contributed by atoms with Gasteiger partial charge in [0.1, 0.15) is 0 Å². The van der Waals surface area contributed by atoms with Gasteiger partial charge in [0.15, 0.2) is 0 Å². The zero-order valence-corrected chi connectivity index (χ0v) is 26.2. The normalized spacial score (nSPS) is 12.6. The summed E-state index contributed by atoms with van der Waals surface area (Å²) in [7, 11) is -3.72. The zero-order chi connectivity index (χ0) is 34.1. The first-order chi connectivity index (χ1) is 21.5. The molecule has 4 rings (SSSR count). The average Bonchev–Trinajstić information content (AvgIpc) is 3.41. The van der Waals surface area contributed by atoms with E-state index in [9.17, 15) is 31.5 Å². The van der Waals surface area contributed by atoms with Gasteiger partial charge in [-0.25, -0.2) is 18.0 Å². The minimum absolute atomic E-state index is 0.175. The number of aliphatic hydroxyl groups is 1. The molecule has 0 saturated heterocycles. The molecule has 1 aromatic heterocycles. The van der Waals surface area contributed by atoms with Crippen LogP contribution >= 0.6 is 0 Å². The van der Waals surface area contributed by atoms with Gasteiger partial charge in [0.2, 0.25) is 0 Å². The molecule has 46 heavy (non-hydrogen) atoms. The third-order valence-corrected chi connectivity index (χ3v) is 8.25. The van der Waals surface area contributed by atoms with E-state index in [4.69, 9.17) is 14.6 Å². The number of rotatable bonds is 12. The van der Waals surface area contributed by atoms with Crippen molar-refractivity contribution >= 4 is 38.6 Å². The molecule has 0 fully saturated rings. The fourth-order valence-corrected chi connectivity index (χ4v) is 5.41. The molecule has 0 amide bonds. The summed E-state index contributed by atoms with van der Waals surface area (Å²) in [5, 5.41) is 22.4. The van der Waals surface area contributed by atoms with Gasteiger partial charge in [-0.2, -0.15) is 13.2 Å². The molecule has 10 nitrogen and oxygen atoms in total. The van der Waals surface area contributed by atoms with Gasteiger partial charge in [0, 0.05) is 41.4 Å². The summed E-state index contributed by atoms with van der Waals surface area (Å²) in [5.74, 6) is -3.08. The Morgan fingerprint density at radius 3 is 2.28 bits per heavy atom. The molecule has 1 heterocycles. The fraction of sp³-hybridized carbons (Fsp3) is 0.312. The number of aromatic nitrogens is 1. The maximum Gasteiger partial charge on any atom is 0.490 e. The number of ether oxygens (including phenoxy) is 1. The van der Waals surface area contributed by atoms with Crippen molar-refractivity contribution in [3.8, 4) is 0 Å². The van der Waals surface area contributed by atoms with Gasteiger partial charge in [-0.05, 0) is 81.3 Å². The Morgan fingerprint density at radius 2 is 1.65 bits per heavy atom. The molecule has 0 aliphatic heterocycles. The summed E-state index contributed by atoms with van der Waals surface area (Å²) < 4.78 is 66.9. The van der Waals surface area contributed by atoms with Crippen LogP contribution in [0.1, 0.15) is 49.2 Å². The lowest BCUT2D eigenvalue weighted by Gasteiger charge is -2.28. The van der Waals surface area contributed by atoms with E-state index in [-0.39, 0.29) is 16.4 Å². The highest BCUT2D eigenvalue weighted by Crippen LogP contribution is 2.23. The molecule has 0 saturated carbocycles. The van der Waals surface area contributed by atoms with E-state index in [0.717, 1.165) is 23.9 Å². The number of aliphatic hydroxyl groups excluding tert-OH is 1. The molecule has 4 N–H and O–H groups in total. The molecule has 248 valence electrons. The summed E-state index contributed by atoms with van der Waals surface area (Å²) in [6, 6.07) is 22.5. The van der Waals surface area contributed by atoms with E-state index >= 15 is 0 Å². The molecule has 0 aliphatic rings. The SMILES string of the molecule is CCOC(=O)c1ccc2c(ccn2CCC(C)(C)NC[C@H](O)c2cccc(NS(=O)(=O)c3ccccc3)c2)c1.O=C(O)C(F)(F)F. The molecule has 0 bridgehead atoms. The first-order valence-corrected chi connectivity index (χ1v) is 15.7. The zero-order valence-electron chi connectivity index (χ0n) is 25.4. The highest BCUT2D eigenvalue weighted by atomic mass is 32.2. The van der Waals surface area contributed by atoms with Gasteiger partial charge in [0.05, 0.1) is 23.2 Å². The number of aliphatic carboxylic acids is 1. The third-order valence-electron chi connectivity index (χ3n) is 6.85. The number of hydrogen-bond donors (Lipinski definition) is 4. The highest BCUT2D eigenvalue weighted by molar-refractivity contribution is 7.92. The second-order valence-corrected chi connectivity index (χ2v) is 12.6. The number of β-amino-alcohol motifs (C(OH)–C–C–N with tert-alkyl or cyclic N) is 1. The summed E-state index contributed by atoms with van der Waals surface area (Å²) in [6.45, 7) is 7.33. The molecule has 3 aromatic carbocycles. The number of sulfonamides is 1. The number of alkyl halides is 3. The van der Waals surface area contributed by atoms with Crippen molar-refractivity contribution in [1.29, 1.82) is 0 Å². The Hall–Kier alpha value is -4.40. The number of esters is 1. The third kappa shape index (κ3) is 10.3. The van der Waals surface area contributed by atoms with Crippen LogP contribution < -0.4 is 10.0 Å². The summed E-state index contributed by atoms with van der Waals surface area (Å²) in [4.78, 5) is 21.1. The lowest BCUT2D eigenvalue weighted by molar-refractivity contribution is -0.192. The second-order valence-electron chi connectivity index (χ2n) is 10.9. The number of nitrogens with one attached hydrogen (secondary N) is 2. The van der Waals surface area contributed by atoms with Gasteiger partial charge in [-0.3, -0.25) is 4.72 Å². The number of nitrogens with zero attached hydrogens (tertiary/aromatic N) is 1. The van der Waals surface area contributed by atoms with Crippen LogP contribution in [0.2, 0.25) is 0 Å². The van der Waals surface area contributed by atoms with Crippen molar-refractivity contribution < 1.29 is 46.1 Å². The van der Waals surface area contributed by atoms with E-state index in [0.29, 0.717) is 30.0 Å². The van der Waals surface area contributed by atoms with Crippen molar-refractivity contribution in [3.63, 3.8) is 0 Å². The van der Waals surface area contributed by atoms with E-state index in [2.05, 4.69) is 28.5 Å². The number of benzene rings is 3. The van der Waals surface area contributed by atoms with E-state index in [1.807, 2.05) is 24.4 Å². The molecular formula is C32H36F3N3O7S. The van der Waals surface area contributed by atoms with Crippen LogP contribution in [0.3, 0.4) is 0 Å². The molecule has 14 heteroatoms. The minimum Gasteiger partial charge on any atom is -0.475 e. The van der Waals surface area contributed by atoms with Crippen molar-refractivity contribution in [1.82, 2.24) is 9.88 Å². The number of carbonyl (C=O) groups is 2. The lowest BCUT2D eigenvalue weighted by atomic mass is 9.99. The topological polar surface area (TPSA) is 147 Å². The Bertz CT molecular complexity index is 1740. The Balaban J connectivity index is 0.000000738. The maximum atomic E-state index is 12.7. The molecular weight excluding hydrogens is 627 g/mol.